The molecule has 9 atom stereocenters. The van der Waals surface area contributed by atoms with Crippen LogP contribution in [-0.2, 0) is 4.79 Å². The number of ketones is 1. The van der Waals surface area contributed by atoms with Gasteiger partial charge in [-0.1, -0.05) is 13.8 Å². The third-order valence-corrected chi connectivity index (χ3v) is 9.24. The van der Waals surface area contributed by atoms with Crippen molar-refractivity contribution in [3.63, 3.8) is 0 Å². The van der Waals surface area contributed by atoms with E-state index < -0.39 is 0 Å². The Morgan fingerprint density at radius 3 is 2.42 bits per heavy atom. The maximum atomic E-state index is 12.2. The highest BCUT2D eigenvalue weighted by atomic mass is 16.3. The number of rotatable bonds is 1. The molecule has 0 aromatic rings. The van der Waals surface area contributed by atoms with Crippen LogP contribution in [0.4, 0.5) is 0 Å². The van der Waals surface area contributed by atoms with Gasteiger partial charge in [-0.05, 0) is 87.4 Å². The number of Topliss-reactive ketones (excluding diaryl/α,β-unsaturated/α-hetero) is 1. The molecule has 24 heavy (non-hydrogen) atoms. The van der Waals surface area contributed by atoms with Gasteiger partial charge in [0.05, 0.1) is 12.2 Å². The first kappa shape index (κ1) is 17.0. The second-order valence-electron chi connectivity index (χ2n) is 9.94. The van der Waals surface area contributed by atoms with E-state index in [9.17, 15) is 15.0 Å². The molecule has 0 unspecified atom stereocenters. The molecule has 3 heteroatoms. The molecule has 0 aromatic carbocycles. The molecule has 4 aliphatic carbocycles. The first-order valence-electron chi connectivity index (χ1n) is 10.1. The fourth-order valence-corrected chi connectivity index (χ4v) is 7.86. The molecule has 0 amide bonds. The highest BCUT2D eigenvalue weighted by molar-refractivity contribution is 5.79. The van der Waals surface area contributed by atoms with E-state index in [2.05, 4.69) is 13.8 Å². The third kappa shape index (κ3) is 2.13. The maximum Gasteiger partial charge on any atom is 0.133 e. The van der Waals surface area contributed by atoms with Crippen molar-refractivity contribution in [3.05, 3.63) is 0 Å². The van der Waals surface area contributed by atoms with Gasteiger partial charge in [-0.15, -0.1) is 0 Å². The lowest BCUT2D eigenvalue weighted by molar-refractivity contribution is -0.173. The molecule has 0 saturated heterocycles. The third-order valence-electron chi connectivity index (χ3n) is 9.24. The monoisotopic (exact) mass is 334 g/mol. The zero-order valence-corrected chi connectivity index (χ0v) is 15.5. The van der Waals surface area contributed by atoms with Crippen LogP contribution >= 0.6 is 0 Å². The van der Waals surface area contributed by atoms with Gasteiger partial charge < -0.3 is 10.2 Å². The molecule has 4 aliphatic rings. The summed E-state index contributed by atoms with van der Waals surface area (Å²) in [5.74, 6) is 2.69. The lowest BCUT2D eigenvalue weighted by atomic mass is 9.44. The number of carbonyl (C=O) groups excluding carboxylic acids is 1. The van der Waals surface area contributed by atoms with Crippen molar-refractivity contribution in [2.75, 3.05) is 0 Å². The van der Waals surface area contributed by atoms with Gasteiger partial charge in [0.1, 0.15) is 5.78 Å². The van der Waals surface area contributed by atoms with Crippen molar-refractivity contribution >= 4 is 5.78 Å². The van der Waals surface area contributed by atoms with E-state index in [-0.39, 0.29) is 34.7 Å². The molecule has 4 saturated carbocycles. The molecule has 3 nitrogen and oxygen atoms in total. The lowest BCUT2D eigenvalue weighted by Crippen LogP contribution is -2.58. The highest BCUT2D eigenvalue weighted by Gasteiger charge is 2.63. The van der Waals surface area contributed by atoms with Gasteiger partial charge >= 0.3 is 0 Å². The Labute approximate surface area is 146 Å². The van der Waals surface area contributed by atoms with Crippen LogP contribution in [0.5, 0.6) is 0 Å². The van der Waals surface area contributed by atoms with Gasteiger partial charge in [0.25, 0.3) is 0 Å². The fourth-order valence-electron chi connectivity index (χ4n) is 7.86. The lowest BCUT2D eigenvalue weighted by Gasteiger charge is -2.62. The van der Waals surface area contributed by atoms with Gasteiger partial charge in [-0.3, -0.25) is 4.79 Å². The summed E-state index contributed by atoms with van der Waals surface area (Å²) in [5, 5.41) is 21.3. The molecule has 0 heterocycles. The van der Waals surface area contributed by atoms with Crippen molar-refractivity contribution in [1.29, 1.82) is 0 Å². The molecular weight excluding hydrogens is 300 g/mol. The largest absolute Gasteiger partial charge is 0.393 e. The minimum Gasteiger partial charge on any atom is -0.393 e. The predicted molar refractivity (Wildman–Crippen MR) is 93.3 cm³/mol. The summed E-state index contributed by atoms with van der Waals surface area (Å²) in [6.45, 7) is 6.36. The fraction of sp³-hybridized carbons (Fsp3) is 0.952. The molecule has 136 valence electrons. The molecule has 0 bridgehead atoms. The van der Waals surface area contributed by atoms with E-state index in [1.54, 1.807) is 6.92 Å². The minimum atomic E-state index is -0.345. The van der Waals surface area contributed by atoms with E-state index in [1.165, 1.54) is 12.8 Å². The molecule has 4 rings (SSSR count). The highest BCUT2D eigenvalue weighted by Crippen LogP contribution is 2.67. The minimum absolute atomic E-state index is 0.0529. The molecule has 2 N–H and O–H groups in total. The van der Waals surface area contributed by atoms with Crippen LogP contribution in [0, 0.1) is 40.4 Å². The smallest absolute Gasteiger partial charge is 0.133 e. The van der Waals surface area contributed by atoms with E-state index in [0.717, 1.165) is 38.5 Å². The Hall–Kier alpha value is -0.410. The summed E-state index contributed by atoms with van der Waals surface area (Å²) in [6, 6.07) is 0. The number of hydrogen-bond donors (Lipinski definition) is 2. The Bertz CT molecular complexity index is 531. The molecule has 0 aliphatic heterocycles. The van der Waals surface area contributed by atoms with Gasteiger partial charge in [0.2, 0.25) is 0 Å². The predicted octanol–water partition coefficient (Wildman–Crippen LogP) is 3.57. The zero-order chi connectivity index (χ0) is 17.3. The van der Waals surface area contributed by atoms with Crippen LogP contribution in [0.15, 0.2) is 0 Å². The number of carbonyl (C=O) groups is 1. The summed E-state index contributed by atoms with van der Waals surface area (Å²) < 4.78 is 0. The van der Waals surface area contributed by atoms with Crippen LogP contribution < -0.4 is 0 Å². The van der Waals surface area contributed by atoms with Crippen LogP contribution in [0.2, 0.25) is 0 Å². The van der Waals surface area contributed by atoms with Crippen LogP contribution in [0.3, 0.4) is 0 Å². The van der Waals surface area contributed by atoms with Crippen molar-refractivity contribution in [2.45, 2.75) is 84.3 Å². The first-order valence-corrected chi connectivity index (χ1v) is 10.1. The van der Waals surface area contributed by atoms with Gasteiger partial charge in [-0.2, -0.15) is 0 Å². The number of fused-ring (bicyclic) bond motifs is 5. The van der Waals surface area contributed by atoms with Gasteiger partial charge in [-0.25, -0.2) is 0 Å². The van der Waals surface area contributed by atoms with Crippen molar-refractivity contribution in [2.24, 2.45) is 40.4 Å². The van der Waals surface area contributed by atoms with Gasteiger partial charge in [0.15, 0.2) is 0 Å². The number of hydrogen-bond acceptors (Lipinski definition) is 3. The van der Waals surface area contributed by atoms with E-state index in [1.807, 2.05) is 0 Å². The topological polar surface area (TPSA) is 57.5 Å². The second-order valence-corrected chi connectivity index (χ2v) is 9.94. The number of aliphatic hydroxyl groups is 2. The number of aliphatic hydroxyl groups excluding tert-OH is 2. The van der Waals surface area contributed by atoms with E-state index >= 15 is 0 Å². The second kappa shape index (κ2) is 5.54. The van der Waals surface area contributed by atoms with Crippen LogP contribution in [-0.4, -0.2) is 28.2 Å². The first-order chi connectivity index (χ1) is 11.3. The summed E-state index contributed by atoms with van der Waals surface area (Å²) in [6.07, 6.45) is 7.92. The Morgan fingerprint density at radius 2 is 1.71 bits per heavy atom. The van der Waals surface area contributed by atoms with Crippen molar-refractivity contribution in [3.8, 4) is 0 Å². The van der Waals surface area contributed by atoms with Crippen molar-refractivity contribution in [1.82, 2.24) is 0 Å². The Morgan fingerprint density at radius 1 is 0.958 bits per heavy atom. The molecular formula is C21H34O3. The average Bonchev–Trinajstić information content (AvgIpc) is 2.88. The van der Waals surface area contributed by atoms with Crippen LogP contribution in [0.1, 0.15) is 72.1 Å². The van der Waals surface area contributed by atoms with E-state index in [0.29, 0.717) is 23.7 Å². The Balaban J connectivity index is 1.66. The zero-order valence-electron chi connectivity index (χ0n) is 15.5. The molecule has 4 fully saturated rings. The summed E-state index contributed by atoms with van der Waals surface area (Å²) in [7, 11) is 0. The van der Waals surface area contributed by atoms with Crippen molar-refractivity contribution < 1.29 is 15.0 Å². The summed E-state index contributed by atoms with van der Waals surface area (Å²) in [5.41, 5.74) is 0.0726. The van der Waals surface area contributed by atoms with Gasteiger partial charge in [0, 0.05) is 11.3 Å². The maximum absolute atomic E-state index is 12.2. The summed E-state index contributed by atoms with van der Waals surface area (Å²) >= 11 is 0. The quantitative estimate of drug-likeness (QED) is 0.771. The Kier molecular flexibility index (Phi) is 3.93. The van der Waals surface area contributed by atoms with E-state index in [4.69, 9.17) is 0 Å². The standard InChI is InChI=1S/C21H34O3/c1-12(22)16-6-7-17-15-5-4-13-10-14(23)8-9-20(13,2)18(15)11-19(24)21(16,17)3/h13-19,23-24H,4-11H2,1-3H3/t13-,14-,15-,16+,17-,18-,19+,20-,21+/m0/s1. The molecule has 0 aromatic heterocycles. The summed E-state index contributed by atoms with van der Waals surface area (Å²) in [4.78, 5) is 12.2. The molecule has 0 radical (unpaired) electrons. The molecule has 0 spiro atoms. The SMILES string of the molecule is CC(=O)[C@H]1CC[C@H]2[C@@H]3CC[C@H]4C[C@@H](O)CC[C@]4(C)[C@H]3C[C@@H](O)[C@]12C. The average molecular weight is 335 g/mol. The normalized spacial score (nSPS) is 57.0. The van der Waals surface area contributed by atoms with Crippen LogP contribution in [0.25, 0.3) is 0 Å².